The molecule has 166 valence electrons. The van der Waals surface area contributed by atoms with Crippen molar-refractivity contribution in [3.05, 3.63) is 88.7 Å². The van der Waals surface area contributed by atoms with Gasteiger partial charge in [-0.05, 0) is 52.9 Å². The third kappa shape index (κ3) is 5.49. The van der Waals surface area contributed by atoms with Crippen LogP contribution in [0.4, 0.5) is 27.1 Å². The first-order chi connectivity index (χ1) is 16.0. The van der Waals surface area contributed by atoms with Gasteiger partial charge < -0.3 is 10.6 Å². The van der Waals surface area contributed by atoms with E-state index in [1.165, 1.54) is 47.1 Å². The van der Waals surface area contributed by atoms with Crippen LogP contribution in [-0.2, 0) is 4.79 Å². The van der Waals surface area contributed by atoms with Gasteiger partial charge in [-0.25, -0.2) is 4.39 Å². The molecule has 33 heavy (non-hydrogen) atoms. The van der Waals surface area contributed by atoms with Crippen molar-refractivity contribution < 1.29 is 14.1 Å². The Kier molecular flexibility index (Phi) is 6.55. The second-order valence-electron chi connectivity index (χ2n) is 6.66. The highest BCUT2D eigenvalue weighted by molar-refractivity contribution is 7.99. The highest BCUT2D eigenvalue weighted by Crippen LogP contribution is 2.30. The number of nitro groups is 1. The number of rotatable bonds is 8. The minimum atomic E-state index is -0.555. The Bertz CT molecular complexity index is 1280. The van der Waals surface area contributed by atoms with Gasteiger partial charge in [-0.3, -0.25) is 14.9 Å². The third-order valence-electron chi connectivity index (χ3n) is 4.39. The molecule has 0 bridgehead atoms. The quantitative estimate of drug-likeness (QED) is 0.225. The number of nitrogens with one attached hydrogen (secondary N) is 2. The number of nitro benzene ring substituents is 1. The molecular formula is C21H16FN7O3S. The number of benzene rings is 3. The van der Waals surface area contributed by atoms with Crippen LogP contribution in [0.1, 0.15) is 0 Å². The van der Waals surface area contributed by atoms with Crippen LogP contribution in [0.3, 0.4) is 0 Å². The number of hydrogen-bond acceptors (Lipinski definition) is 8. The topological polar surface area (TPSA) is 128 Å². The Balaban J connectivity index is 1.49. The summed E-state index contributed by atoms with van der Waals surface area (Å²) in [5.41, 5.74) is 1.74. The number of anilines is 3. The Hall–Kier alpha value is -4.32. The van der Waals surface area contributed by atoms with E-state index in [1.807, 2.05) is 30.3 Å². The molecule has 4 rings (SSSR count). The van der Waals surface area contributed by atoms with Crippen LogP contribution < -0.4 is 10.6 Å². The molecule has 0 fully saturated rings. The van der Waals surface area contributed by atoms with E-state index >= 15 is 0 Å². The molecule has 0 atom stereocenters. The molecule has 2 N–H and O–H groups in total. The molecule has 1 heterocycles. The Morgan fingerprint density at radius 1 is 1.06 bits per heavy atom. The summed E-state index contributed by atoms with van der Waals surface area (Å²) >= 11 is 1.12. The zero-order valence-corrected chi connectivity index (χ0v) is 17.7. The van der Waals surface area contributed by atoms with Gasteiger partial charge in [0.05, 0.1) is 27.7 Å². The Morgan fingerprint density at radius 3 is 2.55 bits per heavy atom. The second-order valence-corrected chi connectivity index (χ2v) is 7.61. The fraction of sp³-hybridized carbons (Fsp3) is 0.0476. The minimum absolute atomic E-state index is 0.0358. The summed E-state index contributed by atoms with van der Waals surface area (Å²) in [5.74, 6) is -0.843. The van der Waals surface area contributed by atoms with E-state index in [-0.39, 0.29) is 17.1 Å². The number of nitrogens with zero attached hydrogens (tertiary/aromatic N) is 5. The van der Waals surface area contributed by atoms with E-state index in [0.29, 0.717) is 16.5 Å². The molecule has 10 nitrogen and oxygen atoms in total. The molecule has 1 amide bonds. The van der Waals surface area contributed by atoms with E-state index in [9.17, 15) is 19.3 Å². The molecule has 0 radical (unpaired) electrons. The summed E-state index contributed by atoms with van der Waals surface area (Å²) in [7, 11) is 0. The molecule has 1 aromatic heterocycles. The number of thioether (sulfide) groups is 1. The van der Waals surface area contributed by atoms with Crippen LogP contribution in [0.25, 0.3) is 5.69 Å². The third-order valence-corrected chi connectivity index (χ3v) is 5.30. The average Bonchev–Trinajstić information content (AvgIpc) is 3.29. The molecule has 0 saturated carbocycles. The van der Waals surface area contributed by atoms with Gasteiger partial charge in [0.1, 0.15) is 5.82 Å². The lowest BCUT2D eigenvalue weighted by molar-refractivity contribution is -0.384. The molecule has 0 aliphatic carbocycles. The Labute approximate surface area is 191 Å². The lowest BCUT2D eigenvalue weighted by atomic mass is 10.2. The number of carbonyl (C=O) groups is 1. The first-order valence-corrected chi connectivity index (χ1v) is 10.6. The smallest absolute Gasteiger partial charge is 0.271 e. The standard InChI is InChI=1S/C21H16FN7O3S/c22-14-6-8-15(9-7-14)23-18-11-10-17(29(31)32)12-19(18)24-20(30)13-33-21-25-26-27-28(21)16-4-2-1-3-5-16/h1-12,23H,13H2,(H,24,30). The van der Waals surface area contributed by atoms with E-state index in [2.05, 4.69) is 26.2 Å². The van der Waals surface area contributed by atoms with Crippen molar-refractivity contribution in [2.24, 2.45) is 0 Å². The highest BCUT2D eigenvalue weighted by Gasteiger charge is 2.16. The minimum Gasteiger partial charge on any atom is -0.354 e. The number of carbonyl (C=O) groups excluding carboxylic acids is 1. The van der Waals surface area contributed by atoms with Crippen molar-refractivity contribution in [3.8, 4) is 5.69 Å². The van der Waals surface area contributed by atoms with Gasteiger partial charge in [0.2, 0.25) is 11.1 Å². The predicted octanol–water partition coefficient (Wildman–Crippen LogP) is 4.18. The summed E-state index contributed by atoms with van der Waals surface area (Å²) < 4.78 is 14.7. The van der Waals surface area contributed by atoms with Crippen LogP contribution in [0.15, 0.2) is 78.0 Å². The van der Waals surface area contributed by atoms with Gasteiger partial charge >= 0.3 is 0 Å². The van der Waals surface area contributed by atoms with Crippen molar-refractivity contribution in [2.45, 2.75) is 5.16 Å². The van der Waals surface area contributed by atoms with Gasteiger partial charge in [-0.15, -0.1) is 5.10 Å². The molecule has 0 saturated heterocycles. The van der Waals surface area contributed by atoms with Crippen molar-refractivity contribution in [1.29, 1.82) is 0 Å². The summed E-state index contributed by atoms with van der Waals surface area (Å²) in [6.45, 7) is 0. The monoisotopic (exact) mass is 465 g/mol. The SMILES string of the molecule is O=C(CSc1nnnn1-c1ccccc1)Nc1cc([N+](=O)[O-])ccc1Nc1ccc(F)cc1. The van der Waals surface area contributed by atoms with Gasteiger partial charge in [-0.2, -0.15) is 4.68 Å². The van der Waals surface area contributed by atoms with Gasteiger partial charge in [0.25, 0.3) is 5.69 Å². The number of hydrogen-bond donors (Lipinski definition) is 2. The normalized spacial score (nSPS) is 10.6. The fourth-order valence-corrected chi connectivity index (χ4v) is 3.55. The maximum Gasteiger partial charge on any atom is 0.271 e. The van der Waals surface area contributed by atoms with Crippen molar-refractivity contribution >= 4 is 40.4 Å². The molecule has 0 unspecified atom stereocenters. The number of halogens is 1. The molecule has 3 aromatic carbocycles. The van der Waals surface area contributed by atoms with Crippen molar-refractivity contribution in [2.75, 3.05) is 16.4 Å². The van der Waals surface area contributed by atoms with Gasteiger partial charge in [-0.1, -0.05) is 30.0 Å². The van der Waals surface area contributed by atoms with E-state index in [0.717, 1.165) is 17.4 Å². The first-order valence-electron chi connectivity index (χ1n) is 9.57. The first kappa shape index (κ1) is 21.9. The number of amides is 1. The lowest BCUT2D eigenvalue weighted by Gasteiger charge is -2.13. The van der Waals surface area contributed by atoms with E-state index in [4.69, 9.17) is 0 Å². The van der Waals surface area contributed by atoms with E-state index in [1.54, 1.807) is 0 Å². The molecule has 0 aliphatic rings. The van der Waals surface area contributed by atoms with Crippen LogP contribution in [0.5, 0.6) is 0 Å². The van der Waals surface area contributed by atoms with E-state index < -0.39 is 16.6 Å². The number of para-hydroxylation sites is 1. The summed E-state index contributed by atoms with van der Waals surface area (Å²) in [6.07, 6.45) is 0. The van der Waals surface area contributed by atoms with Crippen LogP contribution in [0.2, 0.25) is 0 Å². The van der Waals surface area contributed by atoms with Crippen molar-refractivity contribution in [3.63, 3.8) is 0 Å². The summed E-state index contributed by atoms with van der Waals surface area (Å²) in [4.78, 5) is 23.3. The van der Waals surface area contributed by atoms with Crippen LogP contribution in [-0.4, -0.2) is 36.8 Å². The number of aromatic nitrogens is 4. The van der Waals surface area contributed by atoms with Gasteiger partial charge in [0, 0.05) is 17.8 Å². The van der Waals surface area contributed by atoms with Crippen LogP contribution >= 0.6 is 11.8 Å². The summed E-state index contributed by atoms with van der Waals surface area (Å²) in [6, 6.07) is 18.8. The van der Waals surface area contributed by atoms with Crippen LogP contribution in [0, 0.1) is 15.9 Å². The maximum absolute atomic E-state index is 13.2. The summed E-state index contributed by atoms with van der Waals surface area (Å²) in [5, 5.41) is 28.9. The largest absolute Gasteiger partial charge is 0.354 e. The fourth-order valence-electron chi connectivity index (χ4n) is 2.86. The van der Waals surface area contributed by atoms with Gasteiger partial charge in [0.15, 0.2) is 0 Å². The Morgan fingerprint density at radius 2 is 1.82 bits per heavy atom. The second kappa shape index (κ2) is 9.87. The molecule has 4 aromatic rings. The zero-order chi connectivity index (χ0) is 23.2. The molecule has 0 spiro atoms. The lowest BCUT2D eigenvalue weighted by Crippen LogP contribution is -2.16. The van der Waals surface area contributed by atoms with Crippen molar-refractivity contribution in [1.82, 2.24) is 20.2 Å². The molecular weight excluding hydrogens is 449 g/mol. The average molecular weight is 465 g/mol. The molecule has 12 heteroatoms. The zero-order valence-electron chi connectivity index (χ0n) is 16.9. The number of tetrazole rings is 1. The predicted molar refractivity (Wildman–Crippen MR) is 121 cm³/mol. The maximum atomic E-state index is 13.2. The number of non-ortho nitro benzene ring substituents is 1. The molecule has 0 aliphatic heterocycles. The highest BCUT2D eigenvalue weighted by atomic mass is 32.2.